The molecule has 0 aliphatic heterocycles. The molecule has 0 aromatic heterocycles. The van der Waals surface area contributed by atoms with Crippen LogP contribution in [0.5, 0.6) is 0 Å². The molecule has 1 N–H and O–H groups in total. The van der Waals surface area contributed by atoms with Crippen molar-refractivity contribution in [3.8, 4) is 0 Å². The van der Waals surface area contributed by atoms with E-state index in [0.29, 0.717) is 5.56 Å². The molecule has 15 heavy (non-hydrogen) atoms. The van der Waals surface area contributed by atoms with Crippen LogP contribution in [-0.2, 0) is 14.9 Å². The highest BCUT2D eigenvalue weighted by Crippen LogP contribution is 2.18. The van der Waals surface area contributed by atoms with Crippen LogP contribution in [-0.4, -0.2) is 26.0 Å². The summed E-state index contributed by atoms with van der Waals surface area (Å²) in [5.41, 5.74) is 0.445. The fourth-order valence-electron chi connectivity index (χ4n) is 1.12. The molecule has 0 spiro atoms. The third-order valence-corrected chi connectivity index (χ3v) is 2.71. The van der Waals surface area contributed by atoms with Crippen molar-refractivity contribution in [2.45, 2.75) is 11.8 Å². The van der Waals surface area contributed by atoms with Gasteiger partial charge in [-0.3, -0.25) is 4.55 Å². The van der Waals surface area contributed by atoms with Crippen LogP contribution in [0.25, 0.3) is 0 Å². The van der Waals surface area contributed by atoms with Gasteiger partial charge >= 0.3 is 5.97 Å². The molecule has 5 nitrogen and oxygen atoms in total. The summed E-state index contributed by atoms with van der Waals surface area (Å²) in [5, 5.41) is 0. The first-order valence-electron chi connectivity index (χ1n) is 4.02. The predicted octanol–water partition coefficient (Wildman–Crippen LogP) is 1.03. The molecule has 0 fully saturated rings. The molecule has 0 aliphatic carbocycles. The third-order valence-electron chi connectivity index (χ3n) is 1.82. The number of carbonyl (C=O) groups is 1. The normalized spacial score (nSPS) is 11.1. The molecule has 0 radical (unpaired) electrons. The first-order valence-corrected chi connectivity index (χ1v) is 5.46. The van der Waals surface area contributed by atoms with Gasteiger partial charge in [-0.05, 0) is 24.6 Å². The zero-order valence-corrected chi connectivity index (χ0v) is 9.04. The summed E-state index contributed by atoms with van der Waals surface area (Å²) in [7, 11) is -3.28. The minimum Gasteiger partial charge on any atom is -0.465 e. The Morgan fingerprint density at radius 2 is 2.00 bits per heavy atom. The van der Waals surface area contributed by atoms with Gasteiger partial charge in [0.25, 0.3) is 10.1 Å². The summed E-state index contributed by atoms with van der Waals surface area (Å²) < 4.78 is 35.2. The van der Waals surface area contributed by atoms with E-state index in [4.69, 9.17) is 4.55 Å². The van der Waals surface area contributed by atoms with Gasteiger partial charge in [0, 0.05) is 0 Å². The number of aryl methyl sites for hydroxylation is 1. The molecule has 0 heterocycles. The first-order chi connectivity index (χ1) is 6.86. The fourth-order valence-corrected chi connectivity index (χ4v) is 1.89. The van der Waals surface area contributed by atoms with Crippen LogP contribution in [0.15, 0.2) is 23.1 Å². The van der Waals surface area contributed by atoms with Crippen molar-refractivity contribution in [3.63, 3.8) is 0 Å². The molecule has 0 atom stereocenters. The largest absolute Gasteiger partial charge is 0.465 e. The second-order valence-corrected chi connectivity index (χ2v) is 4.36. The van der Waals surface area contributed by atoms with Gasteiger partial charge in [-0.25, -0.2) is 4.79 Å². The molecular weight excluding hydrogens is 220 g/mol. The minimum atomic E-state index is -4.41. The maximum Gasteiger partial charge on any atom is 0.339 e. The average molecular weight is 230 g/mol. The SMILES string of the molecule is COC(=O)c1ccc(C)cc1S(=O)(=O)O. The van der Waals surface area contributed by atoms with Crippen LogP contribution >= 0.6 is 0 Å². The lowest BCUT2D eigenvalue weighted by atomic mass is 10.1. The Hall–Kier alpha value is -1.40. The van der Waals surface area contributed by atoms with Gasteiger partial charge in [-0.1, -0.05) is 6.07 Å². The second-order valence-electron chi connectivity index (χ2n) is 2.97. The van der Waals surface area contributed by atoms with E-state index in [9.17, 15) is 13.2 Å². The molecule has 0 aliphatic rings. The van der Waals surface area contributed by atoms with Gasteiger partial charge in [-0.2, -0.15) is 8.42 Å². The lowest BCUT2D eigenvalue weighted by Gasteiger charge is -2.05. The van der Waals surface area contributed by atoms with Crippen molar-refractivity contribution in [1.29, 1.82) is 0 Å². The molecule has 82 valence electrons. The van der Waals surface area contributed by atoms with Gasteiger partial charge in [0.1, 0.15) is 4.90 Å². The zero-order chi connectivity index (χ0) is 11.6. The Balaban J connectivity index is 3.47. The van der Waals surface area contributed by atoms with E-state index >= 15 is 0 Å². The number of rotatable bonds is 2. The summed E-state index contributed by atoms with van der Waals surface area (Å²) in [6.45, 7) is 1.65. The van der Waals surface area contributed by atoms with Gasteiger partial charge in [0.05, 0.1) is 12.7 Å². The van der Waals surface area contributed by atoms with Gasteiger partial charge in [0.2, 0.25) is 0 Å². The van der Waals surface area contributed by atoms with E-state index < -0.39 is 21.0 Å². The molecule has 1 rings (SSSR count). The van der Waals surface area contributed by atoms with Crippen LogP contribution < -0.4 is 0 Å². The Bertz CT molecular complexity index is 489. The van der Waals surface area contributed by atoms with E-state index in [0.717, 1.165) is 7.11 Å². The van der Waals surface area contributed by atoms with Crippen molar-refractivity contribution in [1.82, 2.24) is 0 Å². The Morgan fingerprint density at radius 1 is 1.40 bits per heavy atom. The summed E-state index contributed by atoms with van der Waals surface area (Å²) >= 11 is 0. The maximum atomic E-state index is 11.2. The quantitative estimate of drug-likeness (QED) is 0.606. The minimum absolute atomic E-state index is 0.175. The number of methoxy groups -OCH3 is 1. The Kier molecular flexibility index (Phi) is 3.11. The zero-order valence-electron chi connectivity index (χ0n) is 8.22. The van der Waals surface area contributed by atoms with Crippen LogP contribution in [0, 0.1) is 6.92 Å². The van der Waals surface area contributed by atoms with Crippen molar-refractivity contribution >= 4 is 16.1 Å². The van der Waals surface area contributed by atoms with Gasteiger partial charge < -0.3 is 4.74 Å². The molecule has 0 saturated carbocycles. The molecule has 1 aromatic carbocycles. The average Bonchev–Trinajstić information content (AvgIpc) is 2.15. The van der Waals surface area contributed by atoms with E-state index in [1.54, 1.807) is 13.0 Å². The Labute approximate surface area is 87.4 Å². The second kappa shape index (κ2) is 4.00. The van der Waals surface area contributed by atoms with Crippen LogP contribution in [0.1, 0.15) is 15.9 Å². The standard InChI is InChI=1S/C9H10O5S/c1-6-3-4-7(9(10)14-2)8(5-6)15(11,12)13/h3-5H,1-2H3,(H,11,12,13). The topological polar surface area (TPSA) is 80.7 Å². The molecule has 0 saturated heterocycles. The van der Waals surface area contributed by atoms with Gasteiger partial charge in [0.15, 0.2) is 0 Å². The number of esters is 1. The van der Waals surface area contributed by atoms with Crippen LogP contribution in [0.4, 0.5) is 0 Å². The van der Waals surface area contributed by atoms with Crippen LogP contribution in [0.2, 0.25) is 0 Å². The lowest BCUT2D eigenvalue weighted by molar-refractivity contribution is 0.0596. The molecule has 0 amide bonds. The van der Waals surface area contributed by atoms with E-state index in [2.05, 4.69) is 4.74 Å². The highest BCUT2D eigenvalue weighted by atomic mass is 32.2. The number of hydrogen-bond donors (Lipinski definition) is 1. The van der Waals surface area contributed by atoms with Gasteiger partial charge in [-0.15, -0.1) is 0 Å². The van der Waals surface area contributed by atoms with Crippen molar-refractivity contribution in [2.24, 2.45) is 0 Å². The van der Waals surface area contributed by atoms with Crippen molar-refractivity contribution in [2.75, 3.05) is 7.11 Å². The number of benzene rings is 1. The van der Waals surface area contributed by atoms with Crippen molar-refractivity contribution < 1.29 is 22.5 Å². The highest BCUT2D eigenvalue weighted by Gasteiger charge is 2.20. The smallest absolute Gasteiger partial charge is 0.339 e. The molecule has 1 aromatic rings. The molecule has 0 unspecified atom stereocenters. The first kappa shape index (κ1) is 11.7. The predicted molar refractivity (Wildman–Crippen MR) is 52.3 cm³/mol. The summed E-state index contributed by atoms with van der Waals surface area (Å²) in [6.07, 6.45) is 0. The maximum absolute atomic E-state index is 11.2. The number of hydrogen-bond acceptors (Lipinski definition) is 4. The third kappa shape index (κ3) is 2.54. The summed E-state index contributed by atoms with van der Waals surface area (Å²) in [5.74, 6) is -0.803. The fraction of sp³-hybridized carbons (Fsp3) is 0.222. The molecular formula is C9H10O5S. The van der Waals surface area contributed by atoms with Crippen LogP contribution in [0.3, 0.4) is 0 Å². The van der Waals surface area contributed by atoms with E-state index in [1.807, 2.05) is 0 Å². The lowest BCUT2D eigenvalue weighted by Crippen LogP contribution is -2.10. The summed E-state index contributed by atoms with van der Waals surface area (Å²) in [6, 6.07) is 4.06. The van der Waals surface area contributed by atoms with Crippen molar-refractivity contribution in [3.05, 3.63) is 29.3 Å². The van der Waals surface area contributed by atoms with E-state index in [1.165, 1.54) is 12.1 Å². The van der Waals surface area contributed by atoms with E-state index in [-0.39, 0.29) is 5.56 Å². The number of ether oxygens (including phenoxy) is 1. The molecule has 6 heteroatoms. The highest BCUT2D eigenvalue weighted by molar-refractivity contribution is 7.86. The monoisotopic (exact) mass is 230 g/mol. The number of carbonyl (C=O) groups excluding carboxylic acids is 1. The Morgan fingerprint density at radius 3 is 2.47 bits per heavy atom. The molecule has 0 bridgehead atoms. The summed E-state index contributed by atoms with van der Waals surface area (Å²) in [4.78, 5) is 10.8.